The van der Waals surface area contributed by atoms with Crippen LogP contribution >= 0.6 is 0 Å². The van der Waals surface area contributed by atoms with E-state index in [1.807, 2.05) is 11.0 Å². The zero-order valence-corrected chi connectivity index (χ0v) is 14.1. The number of hydrogen-bond donors (Lipinski definition) is 2. The van der Waals surface area contributed by atoms with E-state index in [1.165, 1.54) is 12.3 Å². The van der Waals surface area contributed by atoms with Crippen LogP contribution in [0.3, 0.4) is 0 Å². The molecule has 1 aromatic heterocycles. The fraction of sp³-hybridized carbons (Fsp3) is 0.353. The van der Waals surface area contributed by atoms with Crippen LogP contribution in [0.5, 0.6) is 5.75 Å². The first kappa shape index (κ1) is 17.3. The zero-order chi connectivity index (χ0) is 19.1. The number of halogens is 2. The Morgan fingerprint density at radius 3 is 2.67 bits per heavy atom. The van der Waals surface area contributed by atoms with E-state index in [4.69, 9.17) is 5.73 Å². The van der Waals surface area contributed by atoms with Crippen LogP contribution < -0.4 is 25.8 Å². The Morgan fingerprint density at radius 1 is 1.30 bits per heavy atom. The van der Waals surface area contributed by atoms with Gasteiger partial charge in [-0.05, 0) is 18.6 Å². The predicted molar refractivity (Wildman–Crippen MR) is 93.3 cm³/mol. The third-order valence-electron chi connectivity index (χ3n) is 4.94. The van der Waals surface area contributed by atoms with Crippen molar-refractivity contribution in [3.05, 3.63) is 46.4 Å². The van der Waals surface area contributed by atoms with Gasteiger partial charge in [0.05, 0.1) is 6.04 Å². The van der Waals surface area contributed by atoms with Crippen molar-refractivity contribution in [2.75, 3.05) is 22.9 Å². The number of anilines is 2. The van der Waals surface area contributed by atoms with Crippen LogP contribution in [0.1, 0.15) is 16.8 Å². The number of carbonyl (C=O) groups is 1. The number of ether oxygens (including phenoxy) is 1. The summed E-state index contributed by atoms with van der Waals surface area (Å²) in [5.74, 6) is -0.308. The molecule has 1 amide bonds. The minimum absolute atomic E-state index is 0.109. The van der Waals surface area contributed by atoms with Crippen LogP contribution in [0, 0.1) is 0 Å². The second-order valence-corrected chi connectivity index (χ2v) is 6.54. The van der Waals surface area contributed by atoms with Crippen LogP contribution in [-0.2, 0) is 0 Å². The van der Waals surface area contributed by atoms with Crippen molar-refractivity contribution in [1.29, 1.82) is 0 Å². The fourth-order valence-corrected chi connectivity index (χ4v) is 3.79. The first-order valence-electron chi connectivity index (χ1n) is 8.39. The zero-order valence-electron chi connectivity index (χ0n) is 14.1. The highest BCUT2D eigenvalue weighted by molar-refractivity contribution is 5.92. The molecular formula is C17H17F2N5O3. The second-order valence-electron chi connectivity index (χ2n) is 6.54. The lowest BCUT2D eigenvalue weighted by molar-refractivity contribution is -0.0498. The Labute approximate surface area is 152 Å². The quantitative estimate of drug-likeness (QED) is 0.804. The molecule has 1 aromatic carbocycles. The van der Waals surface area contributed by atoms with Gasteiger partial charge in [0.15, 0.2) is 0 Å². The number of primary amides is 1. The molecule has 2 saturated heterocycles. The van der Waals surface area contributed by atoms with E-state index in [0.29, 0.717) is 19.0 Å². The Bertz CT molecular complexity index is 935. The number of nitrogens with one attached hydrogen (secondary N) is 1. The summed E-state index contributed by atoms with van der Waals surface area (Å²) in [6, 6.07) is 6.88. The molecule has 27 heavy (non-hydrogen) atoms. The van der Waals surface area contributed by atoms with Gasteiger partial charge in [-0.1, -0.05) is 6.07 Å². The van der Waals surface area contributed by atoms with Crippen LogP contribution in [0.15, 0.2) is 35.3 Å². The van der Waals surface area contributed by atoms with E-state index in [9.17, 15) is 18.4 Å². The Hall–Kier alpha value is -3.17. The highest BCUT2D eigenvalue weighted by atomic mass is 19.3. The van der Waals surface area contributed by atoms with Gasteiger partial charge < -0.3 is 20.3 Å². The molecule has 0 radical (unpaired) electrons. The molecule has 2 aliphatic rings. The molecule has 2 aromatic rings. The molecule has 3 heterocycles. The molecule has 8 nitrogen and oxygen atoms in total. The maximum absolute atomic E-state index is 12.4. The highest BCUT2D eigenvalue weighted by Crippen LogP contribution is 2.37. The van der Waals surface area contributed by atoms with E-state index in [0.717, 1.165) is 12.1 Å². The summed E-state index contributed by atoms with van der Waals surface area (Å²) in [7, 11) is 0. The molecule has 0 spiro atoms. The van der Waals surface area contributed by atoms with Gasteiger partial charge >= 0.3 is 6.61 Å². The van der Waals surface area contributed by atoms with E-state index >= 15 is 0 Å². The average molecular weight is 377 g/mol. The van der Waals surface area contributed by atoms with Crippen molar-refractivity contribution in [2.24, 2.45) is 5.73 Å². The Kier molecular flexibility index (Phi) is 4.17. The highest BCUT2D eigenvalue weighted by Gasteiger charge is 2.44. The predicted octanol–water partition coefficient (Wildman–Crippen LogP) is 0.938. The minimum atomic E-state index is -2.86. The maximum Gasteiger partial charge on any atom is 0.387 e. The number of H-pyrrole nitrogens is 1. The lowest BCUT2D eigenvalue weighted by Crippen LogP contribution is -2.47. The molecule has 0 aliphatic carbocycles. The second kappa shape index (κ2) is 6.53. The summed E-state index contributed by atoms with van der Waals surface area (Å²) < 4.78 is 29.3. The van der Waals surface area contributed by atoms with E-state index in [1.54, 1.807) is 12.1 Å². The van der Waals surface area contributed by atoms with E-state index in [-0.39, 0.29) is 23.4 Å². The minimum Gasteiger partial charge on any atom is -0.435 e. The van der Waals surface area contributed by atoms with Gasteiger partial charge in [0.1, 0.15) is 11.3 Å². The van der Waals surface area contributed by atoms with Crippen LogP contribution in [0.2, 0.25) is 0 Å². The van der Waals surface area contributed by atoms with Crippen LogP contribution in [0.4, 0.5) is 20.4 Å². The van der Waals surface area contributed by atoms with Crippen molar-refractivity contribution < 1.29 is 18.3 Å². The number of rotatable bonds is 5. The summed E-state index contributed by atoms with van der Waals surface area (Å²) in [6.45, 7) is -1.59. The summed E-state index contributed by atoms with van der Waals surface area (Å²) in [5, 5.41) is 0. The Balaban J connectivity index is 1.51. The third kappa shape index (κ3) is 3.18. The number of nitrogens with two attached hydrogens (primary N) is 1. The largest absolute Gasteiger partial charge is 0.435 e. The molecule has 0 unspecified atom stereocenters. The van der Waals surface area contributed by atoms with Gasteiger partial charge in [0, 0.05) is 37.1 Å². The molecule has 2 aliphatic heterocycles. The number of aromatic nitrogens is 2. The van der Waals surface area contributed by atoms with Gasteiger partial charge in [0.25, 0.3) is 11.5 Å². The van der Waals surface area contributed by atoms with E-state index < -0.39 is 18.1 Å². The van der Waals surface area contributed by atoms with Gasteiger partial charge in [0.2, 0.25) is 5.95 Å². The van der Waals surface area contributed by atoms with Crippen LogP contribution in [0.25, 0.3) is 0 Å². The lowest BCUT2D eigenvalue weighted by Gasteiger charge is -2.35. The number of piperazine rings is 1. The number of nitrogens with zero attached hydrogens (tertiary/aromatic N) is 3. The standard InChI is InChI=1S/C17H17F2N5O3/c18-16(19)27-12-3-1-2-9(5-12)23-7-11-4-10(23)8-24(11)17-21-6-13(14(20)25)15(26)22-17/h1-3,5-6,10-11,16H,4,7-8H2,(H2,20,25)(H,21,22,26)/t10-,11-/m0/s1. The Morgan fingerprint density at radius 2 is 2.04 bits per heavy atom. The average Bonchev–Trinajstić information content (AvgIpc) is 3.21. The topological polar surface area (TPSA) is 105 Å². The number of aromatic amines is 1. The first-order valence-corrected chi connectivity index (χ1v) is 8.39. The lowest BCUT2D eigenvalue weighted by atomic mass is 10.2. The smallest absolute Gasteiger partial charge is 0.387 e. The van der Waals surface area contributed by atoms with Gasteiger partial charge in [-0.15, -0.1) is 0 Å². The number of amides is 1. The van der Waals surface area contributed by atoms with Gasteiger partial charge in [-0.3, -0.25) is 14.6 Å². The van der Waals surface area contributed by atoms with Crippen molar-refractivity contribution in [3.63, 3.8) is 0 Å². The molecule has 2 fully saturated rings. The maximum atomic E-state index is 12.4. The van der Waals surface area contributed by atoms with Gasteiger partial charge in [-0.25, -0.2) is 4.98 Å². The molecule has 10 heteroatoms. The van der Waals surface area contributed by atoms with Crippen molar-refractivity contribution >= 4 is 17.5 Å². The number of fused-ring (bicyclic) bond motifs is 2. The number of hydrogen-bond acceptors (Lipinski definition) is 6. The fourth-order valence-electron chi connectivity index (χ4n) is 3.79. The molecule has 2 bridgehead atoms. The van der Waals surface area contributed by atoms with Crippen molar-refractivity contribution in [1.82, 2.24) is 9.97 Å². The SMILES string of the molecule is NC(=O)c1cnc(N2C[C@@H]3C[C@H]2CN3c2cccc(OC(F)F)c2)[nH]c1=O. The molecule has 3 N–H and O–H groups in total. The summed E-state index contributed by atoms with van der Waals surface area (Å²) in [6.07, 6.45) is 2.03. The number of alkyl halides is 2. The monoisotopic (exact) mass is 377 g/mol. The molecule has 4 rings (SSSR count). The van der Waals surface area contributed by atoms with Gasteiger partial charge in [-0.2, -0.15) is 8.78 Å². The summed E-state index contributed by atoms with van der Waals surface area (Å²) in [4.78, 5) is 34.0. The third-order valence-corrected chi connectivity index (χ3v) is 4.94. The van der Waals surface area contributed by atoms with Crippen molar-refractivity contribution in [3.8, 4) is 5.75 Å². The molecule has 0 saturated carbocycles. The summed E-state index contributed by atoms with van der Waals surface area (Å²) in [5.41, 5.74) is 5.19. The molecule has 2 atom stereocenters. The van der Waals surface area contributed by atoms with Crippen molar-refractivity contribution in [2.45, 2.75) is 25.1 Å². The van der Waals surface area contributed by atoms with Crippen LogP contribution in [-0.4, -0.2) is 47.7 Å². The molecular weight excluding hydrogens is 360 g/mol. The number of benzene rings is 1. The molecule has 142 valence electrons. The van der Waals surface area contributed by atoms with E-state index in [2.05, 4.69) is 19.6 Å². The summed E-state index contributed by atoms with van der Waals surface area (Å²) >= 11 is 0. The normalized spacial score (nSPS) is 21.1. The number of carbonyl (C=O) groups excluding carboxylic acids is 1. The first-order chi connectivity index (χ1) is 12.9.